The number of hydrogen-bond donors (Lipinski definition) is 2. The Morgan fingerprint density at radius 2 is 0.743 bits per heavy atom. The molecule has 0 spiro atoms. The van der Waals surface area contributed by atoms with Gasteiger partial charge in [0.1, 0.15) is 12.3 Å². The van der Waals surface area contributed by atoms with Crippen LogP contribution >= 0.6 is 0 Å². The molecule has 0 saturated heterocycles. The van der Waals surface area contributed by atoms with Gasteiger partial charge in [0, 0.05) is 32.7 Å². The molecule has 11 aromatic carbocycles. The fourth-order valence-corrected chi connectivity index (χ4v) is 11.4. The van der Waals surface area contributed by atoms with Crippen molar-refractivity contribution in [2.75, 3.05) is 0 Å². The number of aromatic nitrogens is 2. The molecule has 0 bridgehead atoms. The van der Waals surface area contributed by atoms with Crippen LogP contribution in [0.25, 0.3) is 105 Å². The van der Waals surface area contributed by atoms with E-state index in [-0.39, 0.29) is 6.17 Å². The van der Waals surface area contributed by atoms with Crippen LogP contribution in [0, 0.1) is 0 Å². The van der Waals surface area contributed by atoms with Crippen LogP contribution in [0.15, 0.2) is 278 Å². The van der Waals surface area contributed by atoms with Crippen molar-refractivity contribution in [3.8, 4) is 61.3 Å². The summed E-state index contributed by atoms with van der Waals surface area (Å²) in [5, 5.41) is 12.7. The van der Waals surface area contributed by atoms with Gasteiger partial charge in [-0.3, -0.25) is 9.88 Å². The van der Waals surface area contributed by atoms with Crippen molar-refractivity contribution in [2.24, 2.45) is 4.99 Å². The first-order chi connectivity index (χ1) is 36.7. The van der Waals surface area contributed by atoms with Crippen LogP contribution < -0.4 is 10.6 Å². The van der Waals surface area contributed by atoms with E-state index in [9.17, 15) is 0 Å². The third kappa shape index (κ3) is 7.41. The number of nitrogens with one attached hydrogen (secondary N) is 2. The van der Waals surface area contributed by atoms with Crippen LogP contribution in [0.1, 0.15) is 23.5 Å². The molecule has 350 valence electrons. The first-order valence-electron chi connectivity index (χ1n) is 25.4. The van der Waals surface area contributed by atoms with Crippen molar-refractivity contribution in [3.63, 3.8) is 0 Å². The van der Waals surface area contributed by atoms with Crippen LogP contribution in [-0.4, -0.2) is 15.1 Å². The summed E-state index contributed by atoms with van der Waals surface area (Å²) in [6.45, 7) is 0. The predicted molar refractivity (Wildman–Crippen MR) is 308 cm³/mol. The minimum Gasteiger partial charge on any atom is -0.336 e. The number of benzene rings is 11. The van der Waals surface area contributed by atoms with Crippen molar-refractivity contribution in [1.29, 1.82) is 0 Å². The van der Waals surface area contributed by atoms with E-state index in [1.54, 1.807) is 0 Å². The fraction of sp³-hybridized carbons (Fsp3) is 0.0290. The molecular weight excluding hydrogens is 899 g/mol. The van der Waals surface area contributed by atoms with Gasteiger partial charge in [-0.15, -0.1) is 0 Å². The van der Waals surface area contributed by atoms with Gasteiger partial charge in [-0.25, -0.2) is 4.99 Å². The lowest BCUT2D eigenvalue weighted by Crippen LogP contribution is -2.47. The average Bonchev–Trinajstić information content (AvgIpc) is 4.08. The van der Waals surface area contributed by atoms with Gasteiger partial charge in [-0.1, -0.05) is 243 Å². The summed E-state index contributed by atoms with van der Waals surface area (Å²) in [7, 11) is 0. The molecule has 0 aliphatic carbocycles. The average molecular weight is 948 g/mol. The number of para-hydroxylation sites is 3. The Balaban J connectivity index is 1.07. The van der Waals surface area contributed by atoms with E-state index < -0.39 is 6.17 Å². The van der Waals surface area contributed by atoms with Gasteiger partial charge in [0.15, 0.2) is 0 Å². The normalized spacial score (nSPS) is 14.6. The monoisotopic (exact) mass is 947 g/mol. The van der Waals surface area contributed by atoms with Gasteiger partial charge in [0.05, 0.1) is 27.8 Å². The Morgan fingerprint density at radius 3 is 1.32 bits per heavy atom. The molecule has 0 amide bonds. The third-order valence-electron chi connectivity index (χ3n) is 14.8. The highest BCUT2D eigenvalue weighted by Crippen LogP contribution is 2.46. The van der Waals surface area contributed by atoms with E-state index in [1.807, 2.05) is 0 Å². The maximum Gasteiger partial charge on any atom is 0.206 e. The number of fused-ring (bicyclic) bond motifs is 7. The molecular formula is C69H49N5. The molecule has 74 heavy (non-hydrogen) atoms. The van der Waals surface area contributed by atoms with Crippen molar-refractivity contribution < 1.29 is 0 Å². The lowest BCUT2D eigenvalue weighted by Gasteiger charge is -2.33. The fourth-order valence-electron chi connectivity index (χ4n) is 11.4. The molecule has 3 heterocycles. The van der Waals surface area contributed by atoms with E-state index in [0.29, 0.717) is 0 Å². The molecule has 0 fully saturated rings. The predicted octanol–water partition coefficient (Wildman–Crippen LogP) is 17.0. The largest absolute Gasteiger partial charge is 0.336 e. The topological polar surface area (TPSA) is 46.3 Å². The minimum absolute atomic E-state index is 0.293. The second-order valence-electron chi connectivity index (χ2n) is 19.1. The molecule has 2 unspecified atom stereocenters. The Hall–Kier alpha value is -9.55. The van der Waals surface area contributed by atoms with Crippen molar-refractivity contribution in [3.05, 3.63) is 284 Å². The number of hydrogen-bond acceptors (Lipinski definition) is 3. The van der Waals surface area contributed by atoms with E-state index in [4.69, 9.17) is 4.99 Å². The summed E-state index contributed by atoms with van der Waals surface area (Å²) in [5.74, 6) is 0.758. The molecule has 2 N–H and O–H groups in total. The van der Waals surface area contributed by atoms with Gasteiger partial charge in [0.2, 0.25) is 5.96 Å². The summed E-state index contributed by atoms with van der Waals surface area (Å²) >= 11 is 0. The van der Waals surface area contributed by atoms with E-state index in [2.05, 4.69) is 293 Å². The lowest BCUT2D eigenvalue weighted by atomic mass is 9.90. The van der Waals surface area contributed by atoms with Crippen molar-refractivity contribution in [2.45, 2.75) is 12.3 Å². The zero-order valence-corrected chi connectivity index (χ0v) is 40.5. The maximum atomic E-state index is 5.86. The summed E-state index contributed by atoms with van der Waals surface area (Å²) in [6.07, 6.45) is -0.744. The zero-order chi connectivity index (χ0) is 49.0. The number of nitrogens with zero attached hydrogens (tertiary/aromatic N) is 3. The second-order valence-corrected chi connectivity index (χ2v) is 19.1. The first kappa shape index (κ1) is 43.3. The number of rotatable bonds is 8. The molecule has 2 atom stereocenters. The highest BCUT2D eigenvalue weighted by molar-refractivity contribution is 6.26. The van der Waals surface area contributed by atoms with Crippen LogP contribution in [0.2, 0.25) is 0 Å². The molecule has 5 nitrogen and oxygen atoms in total. The van der Waals surface area contributed by atoms with Gasteiger partial charge < -0.3 is 9.88 Å². The van der Waals surface area contributed by atoms with Gasteiger partial charge >= 0.3 is 0 Å². The Bertz CT molecular complexity index is 4180. The summed E-state index contributed by atoms with van der Waals surface area (Å²) in [4.78, 5) is 5.86. The summed E-state index contributed by atoms with van der Waals surface area (Å²) in [6, 6.07) is 98.6. The van der Waals surface area contributed by atoms with Gasteiger partial charge in [0.25, 0.3) is 0 Å². The minimum atomic E-state index is -0.451. The van der Waals surface area contributed by atoms with E-state index in [0.717, 1.165) is 94.6 Å². The molecule has 0 saturated carbocycles. The molecule has 14 rings (SSSR count). The van der Waals surface area contributed by atoms with Gasteiger partial charge in [-0.2, -0.15) is 0 Å². The van der Waals surface area contributed by atoms with Crippen LogP contribution in [0.4, 0.5) is 0 Å². The van der Waals surface area contributed by atoms with Gasteiger partial charge in [-0.05, 0) is 86.0 Å². The summed E-state index contributed by atoms with van der Waals surface area (Å²) < 4.78 is 4.95. The second kappa shape index (κ2) is 18.2. The molecule has 1 aliphatic rings. The highest BCUT2D eigenvalue weighted by Gasteiger charge is 2.31. The summed E-state index contributed by atoms with van der Waals surface area (Å²) in [5.41, 5.74) is 19.2. The van der Waals surface area contributed by atoms with Crippen molar-refractivity contribution >= 4 is 49.6 Å². The van der Waals surface area contributed by atoms with Crippen LogP contribution in [0.3, 0.4) is 0 Å². The molecule has 0 radical (unpaired) electrons. The molecule has 1 aliphatic heterocycles. The molecule has 2 aromatic heterocycles. The Labute approximate surface area is 430 Å². The van der Waals surface area contributed by atoms with Crippen LogP contribution in [-0.2, 0) is 0 Å². The van der Waals surface area contributed by atoms with E-state index >= 15 is 0 Å². The SMILES string of the molecule is c1ccc(-c2cc(-c3ccccc3-c3ccccc3)cc(C3N=C(n4c5ccccc5c5ccc6c7ccccc7n(-c7c(-c8ccccc8)cccc7-c7ccccc7)c6c54)NC(c4ccccc4)N3)c2)cc1. The Morgan fingerprint density at radius 1 is 0.311 bits per heavy atom. The first-order valence-corrected chi connectivity index (χ1v) is 25.4. The highest BCUT2D eigenvalue weighted by atomic mass is 15.4. The number of aliphatic imine (C=N–C) groups is 1. The standard InChI is InChI=1S/C69H49N5/c1-6-23-46(24-7-1)51-43-52(55-34-17-16-33-54(55)47-25-8-2-9-26-47)45-53(44-51)68-70-67(50-31-14-5-15-32-50)71-69(72-68)74-63-40-21-19-36-59(63)61-42-41-60-58-35-18-20-39-62(58)73(65(60)66(61)74)64-56(48-27-10-3-11-28-48)37-22-38-57(64)49-29-12-4-13-30-49/h1-45,67-68,70H,(H,71,72). The lowest BCUT2D eigenvalue weighted by molar-refractivity contribution is 0.403. The third-order valence-corrected chi connectivity index (χ3v) is 14.8. The quantitative estimate of drug-likeness (QED) is 0.159. The maximum absolute atomic E-state index is 5.86. The Kier molecular flexibility index (Phi) is 10.7. The van der Waals surface area contributed by atoms with E-state index in [1.165, 1.54) is 27.5 Å². The molecule has 5 heteroatoms. The van der Waals surface area contributed by atoms with Crippen molar-refractivity contribution in [1.82, 2.24) is 19.8 Å². The molecule has 13 aromatic rings. The zero-order valence-electron chi connectivity index (χ0n) is 40.5. The van der Waals surface area contributed by atoms with Crippen LogP contribution in [0.5, 0.6) is 0 Å². The smallest absolute Gasteiger partial charge is 0.206 e.